The lowest BCUT2D eigenvalue weighted by molar-refractivity contribution is -0.117. The molecule has 0 saturated heterocycles. The topological polar surface area (TPSA) is 119 Å². The highest BCUT2D eigenvalue weighted by atomic mass is 35.6. The van der Waals surface area contributed by atoms with E-state index >= 15 is 0 Å². The molecule has 0 aliphatic rings. The molecular weight excluding hydrogens is 744 g/mol. The molecule has 0 spiro atoms. The zero-order valence-electron chi connectivity index (χ0n) is 32.3. The normalized spacial score (nSPS) is 13.2. The van der Waals surface area contributed by atoms with Gasteiger partial charge < -0.3 is 26.0 Å². The Morgan fingerprint density at radius 1 is 0.680 bits per heavy atom. The third-order valence-electron chi connectivity index (χ3n) is 8.88. The molecule has 0 bridgehead atoms. The average Bonchev–Trinajstić information content (AvgIpc) is 3.02. The number of aryl methyl sites for hydroxylation is 1. The minimum Gasteiger partial charge on any atom is -0.392 e. The van der Waals surface area contributed by atoms with Gasteiger partial charge in [0.15, 0.2) is 7.38 Å². The first-order chi connectivity index (χ1) is 22.8. The lowest BCUT2D eigenvalue weighted by Gasteiger charge is -2.29. The van der Waals surface area contributed by atoms with Crippen molar-refractivity contribution in [1.82, 2.24) is 0 Å². The van der Waals surface area contributed by atoms with Crippen molar-refractivity contribution in [2.75, 3.05) is 23.1 Å². The van der Waals surface area contributed by atoms with Crippen LogP contribution in [0.4, 0.5) is 11.4 Å². The van der Waals surface area contributed by atoms with Crippen LogP contribution >= 0.6 is 11.1 Å². The van der Waals surface area contributed by atoms with E-state index in [1.807, 2.05) is 30.7 Å². The molecule has 0 aliphatic carbocycles. The molecule has 0 aromatic heterocycles. The third-order valence-corrected chi connectivity index (χ3v) is 20.4. The second-order valence-electron chi connectivity index (χ2n) is 15.2. The minimum absolute atomic E-state index is 0.000618. The zero-order chi connectivity index (χ0) is 39.1. The first-order valence-electron chi connectivity index (χ1n) is 16.9. The number of anilines is 2. The van der Waals surface area contributed by atoms with Crippen molar-refractivity contribution in [3.05, 3.63) is 58.7 Å². The summed E-state index contributed by atoms with van der Waals surface area (Å²) in [4.78, 5) is 24.1. The highest BCUT2D eigenvalue weighted by Crippen LogP contribution is 2.38. The Morgan fingerprint density at radius 3 is 1.20 bits per heavy atom. The summed E-state index contributed by atoms with van der Waals surface area (Å²) in [7, 11) is -1.68. The largest absolute Gasteiger partial charge is 0.392 e. The Hall–Kier alpha value is -1.09. The van der Waals surface area contributed by atoms with E-state index in [2.05, 4.69) is 79.1 Å². The van der Waals surface area contributed by atoms with E-state index < -0.39 is 7.38 Å². The first-order valence-corrected chi connectivity index (χ1v) is 26.0. The van der Waals surface area contributed by atoms with Crippen LogP contribution in [0, 0.1) is 0 Å². The van der Waals surface area contributed by atoms with Gasteiger partial charge in [-0.15, -0.1) is 18.9 Å². The molecule has 0 saturated carbocycles. The lowest BCUT2D eigenvalue weighted by atomic mass is 10.1. The number of carbonyl (C=O) groups excluding carboxylic acids is 2. The molecule has 7 nitrogen and oxygen atoms in total. The van der Waals surface area contributed by atoms with Gasteiger partial charge in [-0.1, -0.05) is 103 Å². The molecule has 0 fully saturated rings. The van der Waals surface area contributed by atoms with Crippen molar-refractivity contribution < 1.29 is 24.9 Å². The summed E-state index contributed by atoms with van der Waals surface area (Å²) in [5, 5.41) is 33.7. The number of aliphatic hydroxyl groups is 3. The molecular formula is C37H63ClN2O5S4Si. The number of halogens is 1. The van der Waals surface area contributed by atoms with Gasteiger partial charge in [0, 0.05) is 33.7 Å². The van der Waals surface area contributed by atoms with Crippen LogP contribution in [0.25, 0.3) is 0 Å². The van der Waals surface area contributed by atoms with Gasteiger partial charge in [-0.05, 0) is 83.3 Å². The molecule has 5 N–H and O–H groups in total. The van der Waals surface area contributed by atoms with Crippen LogP contribution in [0.3, 0.4) is 0 Å². The summed E-state index contributed by atoms with van der Waals surface area (Å²) < 4.78 is -0.0237. The third kappa shape index (κ3) is 19.1. The maximum atomic E-state index is 12.1. The Labute approximate surface area is 322 Å². The van der Waals surface area contributed by atoms with Crippen molar-refractivity contribution in [2.45, 2.75) is 135 Å². The SMILES string of the molecule is CC(C)(C)[Si](C)(C)Cl.CCc1cc(CO)cc(NC(=O)CCC(C)(C)S(C)=S)c1.CS(=S)C(C)(C)CCC(=O)Nc1cc(CO)cc(CO)c1. The molecule has 2 aromatic rings. The van der Waals surface area contributed by atoms with Crippen LogP contribution in [-0.4, -0.2) is 56.5 Å². The second-order valence-corrected chi connectivity index (χ2v) is 29.5. The molecule has 50 heavy (non-hydrogen) atoms. The van der Waals surface area contributed by atoms with Crippen LogP contribution in [0.15, 0.2) is 36.4 Å². The summed E-state index contributed by atoms with van der Waals surface area (Å²) in [5.74, 6) is -0.0804. The van der Waals surface area contributed by atoms with E-state index in [0.29, 0.717) is 34.7 Å². The molecule has 2 amide bonds. The predicted octanol–water partition coefficient (Wildman–Crippen LogP) is 8.06. The Balaban J connectivity index is 0.000000791. The van der Waals surface area contributed by atoms with E-state index in [1.54, 1.807) is 18.2 Å². The van der Waals surface area contributed by atoms with Gasteiger partial charge in [0.1, 0.15) is 0 Å². The van der Waals surface area contributed by atoms with Gasteiger partial charge in [-0.25, -0.2) is 0 Å². The van der Waals surface area contributed by atoms with Gasteiger partial charge in [0.2, 0.25) is 11.8 Å². The first kappa shape index (κ1) is 48.9. The summed E-state index contributed by atoms with van der Waals surface area (Å²) in [6.07, 6.45) is 7.29. The fourth-order valence-electron chi connectivity index (χ4n) is 3.71. The zero-order valence-corrected chi connectivity index (χ0v) is 37.3. The van der Waals surface area contributed by atoms with Crippen LogP contribution in [0.5, 0.6) is 0 Å². The van der Waals surface area contributed by atoms with Crippen LogP contribution in [-0.2, 0) is 77.1 Å². The standard InChI is InChI=1S/C16H25NO2S2.C15H23NO3S2.C6H15ClSi/c1-5-12-8-13(11-18)10-14(9-12)17-15(19)6-7-16(2,3)21(4)20;1-15(2,21(3)20)5-4-14(19)16-13-7-11(9-17)6-12(8-13)10-18;1-6(2,3)8(4,5)7/h8-10,18H,5-7,11H2,1-4H3,(H,17,19);6-8,17-18H,4-5,9-10H2,1-3H3,(H,16,19);1-5H3. The van der Waals surface area contributed by atoms with Crippen LogP contribution < -0.4 is 10.6 Å². The molecule has 2 rings (SSSR count). The van der Waals surface area contributed by atoms with Gasteiger partial charge in [-0.3, -0.25) is 9.59 Å². The molecule has 0 heterocycles. The maximum absolute atomic E-state index is 12.1. The number of amides is 2. The van der Waals surface area contributed by atoms with Crippen molar-refractivity contribution in [2.24, 2.45) is 0 Å². The number of hydrogen-bond donors (Lipinski definition) is 5. The summed E-state index contributed by atoms with van der Waals surface area (Å²) in [6, 6.07) is 10.9. The number of nitrogens with one attached hydrogen (secondary N) is 2. The smallest absolute Gasteiger partial charge is 0.224 e. The molecule has 13 heteroatoms. The molecule has 2 atom stereocenters. The van der Waals surface area contributed by atoms with Crippen molar-refractivity contribution in [3.8, 4) is 0 Å². The molecule has 2 aromatic carbocycles. The predicted molar refractivity (Wildman–Crippen MR) is 228 cm³/mol. The van der Waals surface area contributed by atoms with E-state index in [0.717, 1.165) is 36.1 Å². The average molecular weight is 808 g/mol. The Kier molecular flexibility index (Phi) is 21.7. The minimum atomic E-state index is -1.39. The number of benzene rings is 2. The van der Waals surface area contributed by atoms with Gasteiger partial charge in [0.25, 0.3) is 0 Å². The van der Waals surface area contributed by atoms with Crippen molar-refractivity contribution in [1.29, 1.82) is 0 Å². The molecule has 0 radical (unpaired) electrons. The summed E-state index contributed by atoms with van der Waals surface area (Å²) >= 11 is 16.8. The number of hydrogen-bond acceptors (Lipinski definition) is 7. The second kappa shape index (κ2) is 22.2. The van der Waals surface area contributed by atoms with E-state index in [4.69, 9.17) is 33.5 Å². The lowest BCUT2D eigenvalue weighted by Crippen LogP contribution is -2.29. The fraction of sp³-hybridized carbons (Fsp3) is 0.622. The summed E-state index contributed by atoms with van der Waals surface area (Å²) in [6.45, 7) is 21.1. The van der Waals surface area contributed by atoms with Crippen LogP contribution in [0.1, 0.15) is 103 Å². The highest BCUT2D eigenvalue weighted by molar-refractivity contribution is 8.29. The monoisotopic (exact) mass is 806 g/mol. The molecule has 0 aliphatic heterocycles. The van der Waals surface area contributed by atoms with Crippen molar-refractivity contribution in [3.63, 3.8) is 0 Å². The van der Waals surface area contributed by atoms with Gasteiger partial charge >= 0.3 is 0 Å². The van der Waals surface area contributed by atoms with Gasteiger partial charge in [-0.2, -0.15) is 11.1 Å². The highest BCUT2D eigenvalue weighted by Gasteiger charge is 2.32. The van der Waals surface area contributed by atoms with Crippen molar-refractivity contribution >= 4 is 82.9 Å². The Morgan fingerprint density at radius 2 is 0.960 bits per heavy atom. The van der Waals surface area contributed by atoms with E-state index in [9.17, 15) is 24.9 Å². The Bertz CT molecular complexity index is 1290. The molecule has 2 unspecified atom stereocenters. The number of rotatable bonds is 14. The van der Waals surface area contributed by atoms with Crippen LogP contribution in [0.2, 0.25) is 18.1 Å². The fourth-order valence-corrected chi connectivity index (χ4v) is 4.99. The van der Waals surface area contributed by atoms with E-state index in [-0.39, 0.29) is 60.0 Å². The van der Waals surface area contributed by atoms with E-state index in [1.165, 1.54) is 0 Å². The number of carbonyl (C=O) groups is 2. The summed E-state index contributed by atoms with van der Waals surface area (Å²) in [5.41, 5.74) is 4.62. The number of aliphatic hydroxyl groups excluding tert-OH is 3. The van der Waals surface area contributed by atoms with Gasteiger partial charge in [0.05, 0.1) is 19.8 Å². The quantitative estimate of drug-likeness (QED) is 0.0969. The molecule has 286 valence electrons. The maximum Gasteiger partial charge on any atom is 0.224 e.